The molecule has 5 heteroatoms. The third-order valence-electron chi connectivity index (χ3n) is 5.52. The average Bonchev–Trinajstić information content (AvgIpc) is 2.70. The highest BCUT2D eigenvalue weighted by atomic mass is 16.2. The van der Waals surface area contributed by atoms with E-state index < -0.39 is 0 Å². The van der Waals surface area contributed by atoms with Crippen LogP contribution in [0.25, 0.3) is 0 Å². The normalized spacial score (nSPS) is 19.0. The van der Waals surface area contributed by atoms with Crippen molar-refractivity contribution in [2.45, 2.75) is 32.6 Å². The van der Waals surface area contributed by atoms with Gasteiger partial charge >= 0.3 is 0 Å². The summed E-state index contributed by atoms with van der Waals surface area (Å²) in [7, 11) is 3.97. The molecule has 2 aromatic carbocycles. The number of carbonyl (C=O) groups is 2. The lowest BCUT2D eigenvalue weighted by atomic mass is 9.81. The minimum atomic E-state index is -0.0314. The fourth-order valence-electron chi connectivity index (χ4n) is 3.65. The molecule has 28 heavy (non-hydrogen) atoms. The summed E-state index contributed by atoms with van der Waals surface area (Å²) >= 11 is 0. The van der Waals surface area contributed by atoms with Gasteiger partial charge in [-0.15, -0.1) is 0 Å². The standard InChI is InChI=1S/C23H29N3O2/c1-16-6-4-5-7-21(16)25-23(28)18-10-8-17(9-11-18)22(27)24-19-12-14-20(15-13-19)26(2)3/h4-7,12-15,17-18H,8-11H2,1-3H3,(H,24,27)(H,25,28). The minimum absolute atomic E-state index is 0.0250. The molecule has 0 radical (unpaired) electrons. The van der Waals surface area contributed by atoms with Gasteiger partial charge in [-0.3, -0.25) is 9.59 Å². The van der Waals surface area contributed by atoms with Gasteiger partial charge in [0, 0.05) is 43.0 Å². The highest BCUT2D eigenvalue weighted by Crippen LogP contribution is 2.31. The fourth-order valence-corrected chi connectivity index (χ4v) is 3.65. The van der Waals surface area contributed by atoms with Crippen molar-refractivity contribution in [2.75, 3.05) is 29.6 Å². The van der Waals surface area contributed by atoms with Crippen molar-refractivity contribution in [1.29, 1.82) is 0 Å². The first-order valence-electron chi connectivity index (χ1n) is 9.89. The number of hydrogen-bond acceptors (Lipinski definition) is 3. The number of anilines is 3. The van der Waals surface area contributed by atoms with Crippen molar-refractivity contribution < 1.29 is 9.59 Å². The van der Waals surface area contributed by atoms with E-state index in [0.717, 1.165) is 48.3 Å². The Balaban J connectivity index is 1.49. The fraction of sp³-hybridized carbons (Fsp3) is 0.391. The van der Waals surface area contributed by atoms with Crippen molar-refractivity contribution in [3.8, 4) is 0 Å². The van der Waals surface area contributed by atoms with E-state index in [2.05, 4.69) is 10.6 Å². The van der Waals surface area contributed by atoms with Gasteiger partial charge in [-0.05, 0) is 68.5 Å². The molecule has 2 aromatic rings. The van der Waals surface area contributed by atoms with Crippen molar-refractivity contribution in [3.63, 3.8) is 0 Å². The van der Waals surface area contributed by atoms with Gasteiger partial charge in [-0.25, -0.2) is 0 Å². The summed E-state index contributed by atoms with van der Waals surface area (Å²) in [5, 5.41) is 6.05. The van der Waals surface area contributed by atoms with E-state index >= 15 is 0 Å². The van der Waals surface area contributed by atoms with E-state index in [-0.39, 0.29) is 23.7 Å². The Labute approximate surface area is 167 Å². The summed E-state index contributed by atoms with van der Waals surface area (Å²) in [6.45, 7) is 1.99. The topological polar surface area (TPSA) is 61.4 Å². The third-order valence-corrected chi connectivity index (χ3v) is 5.52. The van der Waals surface area contributed by atoms with Gasteiger partial charge < -0.3 is 15.5 Å². The lowest BCUT2D eigenvalue weighted by Crippen LogP contribution is -2.32. The molecule has 1 fully saturated rings. The van der Waals surface area contributed by atoms with Crippen molar-refractivity contribution in [1.82, 2.24) is 0 Å². The van der Waals surface area contributed by atoms with Gasteiger partial charge in [-0.1, -0.05) is 18.2 Å². The Morgan fingerprint density at radius 2 is 1.36 bits per heavy atom. The van der Waals surface area contributed by atoms with Crippen molar-refractivity contribution in [3.05, 3.63) is 54.1 Å². The lowest BCUT2D eigenvalue weighted by Gasteiger charge is -2.27. The lowest BCUT2D eigenvalue weighted by molar-refractivity contribution is -0.125. The highest BCUT2D eigenvalue weighted by Gasteiger charge is 2.30. The maximum absolute atomic E-state index is 12.6. The number of benzene rings is 2. The van der Waals surface area contributed by atoms with Gasteiger partial charge in [0.25, 0.3) is 0 Å². The zero-order chi connectivity index (χ0) is 20.1. The minimum Gasteiger partial charge on any atom is -0.378 e. The van der Waals surface area contributed by atoms with Crippen LogP contribution in [0.2, 0.25) is 0 Å². The molecule has 0 atom stereocenters. The molecule has 0 aliphatic heterocycles. The molecule has 0 bridgehead atoms. The number of para-hydroxylation sites is 1. The molecule has 0 unspecified atom stereocenters. The molecule has 0 aromatic heterocycles. The maximum Gasteiger partial charge on any atom is 0.227 e. The van der Waals surface area contributed by atoms with E-state index in [4.69, 9.17) is 0 Å². The number of amides is 2. The van der Waals surface area contributed by atoms with Gasteiger partial charge in [0.2, 0.25) is 11.8 Å². The van der Waals surface area contributed by atoms with Crippen molar-refractivity contribution in [2.24, 2.45) is 11.8 Å². The molecule has 0 saturated heterocycles. The summed E-state index contributed by atoms with van der Waals surface area (Å²) in [4.78, 5) is 27.2. The molecule has 2 amide bonds. The third kappa shape index (κ3) is 4.91. The van der Waals surface area contributed by atoms with Crippen LogP contribution < -0.4 is 15.5 Å². The summed E-state index contributed by atoms with van der Waals surface area (Å²) in [6, 6.07) is 15.6. The SMILES string of the molecule is Cc1ccccc1NC(=O)C1CCC(C(=O)Nc2ccc(N(C)C)cc2)CC1. The molecule has 1 aliphatic rings. The Kier molecular flexibility index (Phi) is 6.34. The summed E-state index contributed by atoms with van der Waals surface area (Å²) in [6.07, 6.45) is 2.98. The Hall–Kier alpha value is -2.82. The molecule has 2 N–H and O–H groups in total. The van der Waals surface area contributed by atoms with Gasteiger partial charge in [0.05, 0.1) is 0 Å². The molecule has 148 valence electrons. The second-order valence-corrected chi connectivity index (χ2v) is 7.78. The predicted octanol–water partition coefficient (Wildman–Crippen LogP) is 4.44. The number of hydrogen-bond donors (Lipinski definition) is 2. The van der Waals surface area contributed by atoms with Crippen LogP contribution in [0.1, 0.15) is 31.2 Å². The van der Waals surface area contributed by atoms with Gasteiger partial charge in [-0.2, -0.15) is 0 Å². The van der Waals surface area contributed by atoms with Crippen LogP contribution in [0.15, 0.2) is 48.5 Å². The van der Waals surface area contributed by atoms with Crippen LogP contribution in [-0.2, 0) is 9.59 Å². The Morgan fingerprint density at radius 1 is 0.821 bits per heavy atom. The average molecular weight is 380 g/mol. The second-order valence-electron chi connectivity index (χ2n) is 7.78. The van der Waals surface area contributed by atoms with Gasteiger partial charge in [0.1, 0.15) is 0 Å². The van der Waals surface area contributed by atoms with E-state index in [0.29, 0.717) is 0 Å². The first kappa shape index (κ1) is 19.9. The number of nitrogens with zero attached hydrogens (tertiary/aromatic N) is 1. The molecule has 1 saturated carbocycles. The van der Waals surface area contributed by atoms with E-state index in [9.17, 15) is 9.59 Å². The molecular formula is C23H29N3O2. The first-order valence-corrected chi connectivity index (χ1v) is 9.89. The molecule has 0 heterocycles. The quantitative estimate of drug-likeness (QED) is 0.807. The van der Waals surface area contributed by atoms with Gasteiger partial charge in [0.15, 0.2) is 0 Å². The Morgan fingerprint density at radius 3 is 1.89 bits per heavy atom. The summed E-state index contributed by atoms with van der Waals surface area (Å²) in [5.41, 5.74) is 3.84. The van der Waals surface area contributed by atoms with Crippen LogP contribution in [-0.4, -0.2) is 25.9 Å². The number of rotatable bonds is 5. The highest BCUT2D eigenvalue weighted by molar-refractivity contribution is 5.95. The molecule has 1 aliphatic carbocycles. The van der Waals surface area contributed by atoms with E-state index in [1.807, 2.05) is 74.4 Å². The number of aryl methyl sites for hydroxylation is 1. The smallest absolute Gasteiger partial charge is 0.227 e. The number of nitrogens with one attached hydrogen (secondary N) is 2. The monoisotopic (exact) mass is 379 g/mol. The van der Waals surface area contributed by atoms with Crippen LogP contribution >= 0.6 is 0 Å². The summed E-state index contributed by atoms with van der Waals surface area (Å²) < 4.78 is 0. The van der Waals surface area contributed by atoms with Crippen molar-refractivity contribution >= 4 is 28.9 Å². The molecule has 0 spiro atoms. The van der Waals surface area contributed by atoms with E-state index in [1.54, 1.807) is 0 Å². The van der Waals surface area contributed by atoms with Crippen LogP contribution in [0.5, 0.6) is 0 Å². The summed E-state index contributed by atoms with van der Waals surface area (Å²) in [5.74, 6) is 0.0573. The second kappa shape index (κ2) is 8.91. The van der Waals surface area contributed by atoms with Crippen LogP contribution in [0.3, 0.4) is 0 Å². The molecular weight excluding hydrogens is 350 g/mol. The van der Waals surface area contributed by atoms with E-state index in [1.165, 1.54) is 0 Å². The molecule has 5 nitrogen and oxygen atoms in total. The predicted molar refractivity (Wildman–Crippen MR) is 115 cm³/mol. The largest absolute Gasteiger partial charge is 0.378 e. The number of carbonyl (C=O) groups excluding carboxylic acids is 2. The zero-order valence-corrected chi connectivity index (χ0v) is 16.9. The van der Waals surface area contributed by atoms with Crippen LogP contribution in [0.4, 0.5) is 17.1 Å². The molecule has 3 rings (SSSR count). The Bertz CT molecular complexity index is 822. The zero-order valence-electron chi connectivity index (χ0n) is 16.9. The maximum atomic E-state index is 12.6. The first-order chi connectivity index (χ1) is 13.4. The van der Waals surface area contributed by atoms with Crippen LogP contribution in [0, 0.1) is 18.8 Å².